The van der Waals surface area contributed by atoms with E-state index in [1.807, 2.05) is 42.2 Å². The lowest BCUT2D eigenvalue weighted by Crippen LogP contribution is -2.49. The fraction of sp³-hybridized carbons (Fsp3) is 0.273. The number of piperazine rings is 1. The van der Waals surface area contributed by atoms with Crippen molar-refractivity contribution in [1.82, 2.24) is 19.9 Å². The van der Waals surface area contributed by atoms with E-state index >= 15 is 0 Å². The molecule has 4 rings (SSSR count). The van der Waals surface area contributed by atoms with Gasteiger partial charge >= 0.3 is 0 Å². The normalized spacial score (nSPS) is 14.0. The lowest BCUT2D eigenvalue weighted by Gasteiger charge is -2.36. The maximum Gasteiger partial charge on any atom is 0.272 e. The maximum absolute atomic E-state index is 13.0. The summed E-state index contributed by atoms with van der Waals surface area (Å²) in [6, 6.07) is 15.9. The van der Waals surface area contributed by atoms with Crippen molar-refractivity contribution in [3.8, 4) is 0 Å². The van der Waals surface area contributed by atoms with Gasteiger partial charge in [0.1, 0.15) is 5.69 Å². The second kappa shape index (κ2) is 8.68. The van der Waals surface area contributed by atoms with E-state index in [-0.39, 0.29) is 5.91 Å². The van der Waals surface area contributed by atoms with E-state index in [0.29, 0.717) is 31.3 Å². The first-order valence-corrected chi connectivity index (χ1v) is 9.77. The monoisotopic (exact) mass is 388 g/mol. The number of para-hydroxylation sites is 1. The highest BCUT2D eigenvalue weighted by atomic mass is 16.2. The number of aromatic nitrogens is 3. The van der Waals surface area contributed by atoms with Crippen LogP contribution < -0.4 is 10.2 Å². The van der Waals surface area contributed by atoms with Gasteiger partial charge in [-0.1, -0.05) is 24.3 Å². The molecule has 1 aromatic carbocycles. The second-order valence-electron chi connectivity index (χ2n) is 7.05. The minimum absolute atomic E-state index is 0.0485. The molecule has 0 radical (unpaired) electrons. The molecule has 1 saturated heterocycles. The van der Waals surface area contributed by atoms with E-state index < -0.39 is 0 Å². The predicted molar refractivity (Wildman–Crippen MR) is 113 cm³/mol. The van der Waals surface area contributed by atoms with Gasteiger partial charge in [0.05, 0.1) is 0 Å². The first-order chi connectivity index (χ1) is 14.2. The lowest BCUT2D eigenvalue weighted by atomic mass is 10.2. The van der Waals surface area contributed by atoms with Crippen LogP contribution in [0.4, 0.5) is 11.6 Å². The molecule has 2 aromatic heterocycles. The number of carbonyl (C=O) groups is 1. The molecular weight excluding hydrogens is 364 g/mol. The fourth-order valence-electron chi connectivity index (χ4n) is 3.41. The highest BCUT2D eigenvalue weighted by Crippen LogP contribution is 2.17. The number of nitrogens with one attached hydrogen (secondary N) is 1. The Morgan fingerprint density at radius 3 is 2.55 bits per heavy atom. The zero-order valence-corrected chi connectivity index (χ0v) is 16.5. The van der Waals surface area contributed by atoms with Crippen LogP contribution in [0.25, 0.3) is 0 Å². The number of nitrogens with zero attached hydrogens (tertiary/aromatic N) is 5. The van der Waals surface area contributed by atoms with Gasteiger partial charge in [-0.3, -0.25) is 9.78 Å². The van der Waals surface area contributed by atoms with Crippen molar-refractivity contribution in [1.29, 1.82) is 0 Å². The van der Waals surface area contributed by atoms with Gasteiger partial charge in [0, 0.05) is 56.5 Å². The van der Waals surface area contributed by atoms with Crippen LogP contribution in [0, 0.1) is 6.92 Å². The number of amides is 1. The average molecular weight is 388 g/mol. The Bertz CT molecular complexity index is 956. The first kappa shape index (κ1) is 18.9. The molecule has 148 valence electrons. The van der Waals surface area contributed by atoms with Gasteiger partial charge in [-0.2, -0.15) is 0 Å². The minimum Gasteiger partial charge on any atom is -0.368 e. The van der Waals surface area contributed by atoms with Crippen LogP contribution in [0.2, 0.25) is 0 Å². The summed E-state index contributed by atoms with van der Waals surface area (Å²) in [6.45, 7) is 5.41. The van der Waals surface area contributed by atoms with Gasteiger partial charge in [-0.05, 0) is 36.8 Å². The van der Waals surface area contributed by atoms with Crippen LogP contribution in [0.15, 0.2) is 60.9 Å². The van der Waals surface area contributed by atoms with Crippen LogP contribution in [-0.4, -0.2) is 51.9 Å². The molecule has 1 aliphatic heterocycles. The summed E-state index contributed by atoms with van der Waals surface area (Å²) in [5.74, 6) is 0.410. The number of hydrogen-bond donors (Lipinski definition) is 1. The number of benzene rings is 1. The molecule has 0 spiro atoms. The molecule has 1 N–H and O–H groups in total. The van der Waals surface area contributed by atoms with Crippen molar-refractivity contribution in [3.05, 3.63) is 77.9 Å². The van der Waals surface area contributed by atoms with E-state index in [0.717, 1.165) is 24.3 Å². The molecule has 0 aliphatic carbocycles. The Morgan fingerprint density at radius 2 is 1.83 bits per heavy atom. The topological polar surface area (TPSA) is 74.2 Å². The average Bonchev–Trinajstić information content (AvgIpc) is 2.78. The summed E-state index contributed by atoms with van der Waals surface area (Å²) in [6.07, 6.45) is 3.53. The molecule has 0 saturated carbocycles. The Labute approximate surface area is 170 Å². The van der Waals surface area contributed by atoms with Crippen LogP contribution in [0.5, 0.6) is 0 Å². The van der Waals surface area contributed by atoms with Gasteiger partial charge in [0.15, 0.2) is 0 Å². The largest absolute Gasteiger partial charge is 0.368 e. The summed E-state index contributed by atoms with van der Waals surface area (Å²) < 4.78 is 0. The molecule has 1 aliphatic rings. The molecule has 1 fully saturated rings. The Balaban J connectivity index is 1.40. The molecule has 3 heterocycles. The van der Waals surface area contributed by atoms with E-state index in [1.54, 1.807) is 18.5 Å². The summed E-state index contributed by atoms with van der Waals surface area (Å²) >= 11 is 0. The van der Waals surface area contributed by atoms with E-state index in [9.17, 15) is 4.79 Å². The molecule has 7 heteroatoms. The third-order valence-electron chi connectivity index (χ3n) is 4.93. The zero-order chi connectivity index (χ0) is 20.1. The second-order valence-corrected chi connectivity index (χ2v) is 7.05. The van der Waals surface area contributed by atoms with Crippen molar-refractivity contribution in [2.24, 2.45) is 0 Å². The highest BCUT2D eigenvalue weighted by molar-refractivity contribution is 5.92. The fourth-order valence-corrected chi connectivity index (χ4v) is 3.41. The molecule has 3 aromatic rings. The Kier molecular flexibility index (Phi) is 5.65. The summed E-state index contributed by atoms with van der Waals surface area (Å²) in [4.78, 5) is 30.1. The SMILES string of the molecule is Cc1cc(C(=O)N2CCN(c3ccccc3)CC2)nc(NCc2cccnc2)n1. The standard InChI is InChI=1S/C22H24N6O/c1-17-14-20(26-22(25-17)24-16-18-6-5-9-23-15-18)21(29)28-12-10-27(11-13-28)19-7-3-2-4-8-19/h2-9,14-15H,10-13,16H2,1H3,(H,24,25,26). The lowest BCUT2D eigenvalue weighted by molar-refractivity contribution is 0.0740. The number of hydrogen-bond acceptors (Lipinski definition) is 6. The third-order valence-corrected chi connectivity index (χ3v) is 4.93. The van der Waals surface area contributed by atoms with Crippen molar-refractivity contribution in [2.75, 3.05) is 36.4 Å². The summed E-state index contributed by atoms with van der Waals surface area (Å²) in [7, 11) is 0. The first-order valence-electron chi connectivity index (χ1n) is 9.77. The van der Waals surface area contributed by atoms with Gasteiger partial charge in [0.25, 0.3) is 5.91 Å². The van der Waals surface area contributed by atoms with Gasteiger partial charge in [0.2, 0.25) is 5.95 Å². The van der Waals surface area contributed by atoms with Crippen molar-refractivity contribution in [2.45, 2.75) is 13.5 Å². The number of aryl methyl sites for hydroxylation is 1. The maximum atomic E-state index is 13.0. The molecular formula is C22H24N6O. The molecule has 7 nitrogen and oxygen atoms in total. The minimum atomic E-state index is -0.0485. The zero-order valence-electron chi connectivity index (χ0n) is 16.5. The molecule has 0 atom stereocenters. The van der Waals surface area contributed by atoms with Crippen LogP contribution >= 0.6 is 0 Å². The quantitative estimate of drug-likeness (QED) is 0.724. The van der Waals surface area contributed by atoms with E-state index in [4.69, 9.17) is 0 Å². The summed E-state index contributed by atoms with van der Waals surface area (Å²) in [5, 5.41) is 3.19. The molecule has 0 bridgehead atoms. The number of carbonyl (C=O) groups excluding carboxylic acids is 1. The van der Waals surface area contributed by atoms with Crippen LogP contribution in [0.3, 0.4) is 0 Å². The van der Waals surface area contributed by atoms with Crippen molar-refractivity contribution in [3.63, 3.8) is 0 Å². The highest BCUT2D eigenvalue weighted by Gasteiger charge is 2.23. The summed E-state index contributed by atoms with van der Waals surface area (Å²) in [5.41, 5.74) is 3.42. The van der Waals surface area contributed by atoms with Crippen molar-refractivity contribution >= 4 is 17.5 Å². The smallest absolute Gasteiger partial charge is 0.272 e. The van der Waals surface area contributed by atoms with Gasteiger partial charge in [-0.25, -0.2) is 9.97 Å². The van der Waals surface area contributed by atoms with Gasteiger partial charge < -0.3 is 15.1 Å². The van der Waals surface area contributed by atoms with Crippen LogP contribution in [0.1, 0.15) is 21.7 Å². The number of rotatable bonds is 5. The van der Waals surface area contributed by atoms with E-state index in [1.165, 1.54) is 5.69 Å². The Hall–Kier alpha value is -3.48. The molecule has 29 heavy (non-hydrogen) atoms. The Morgan fingerprint density at radius 1 is 1.03 bits per heavy atom. The third kappa shape index (κ3) is 4.68. The number of anilines is 2. The van der Waals surface area contributed by atoms with E-state index in [2.05, 4.69) is 37.3 Å². The van der Waals surface area contributed by atoms with Crippen molar-refractivity contribution < 1.29 is 4.79 Å². The number of pyridine rings is 1. The predicted octanol–water partition coefficient (Wildman–Crippen LogP) is 2.75. The van der Waals surface area contributed by atoms with Gasteiger partial charge in [-0.15, -0.1) is 0 Å². The molecule has 0 unspecified atom stereocenters. The van der Waals surface area contributed by atoms with Crippen LogP contribution in [-0.2, 0) is 6.54 Å². The molecule has 1 amide bonds.